The fraction of sp³-hybridized carbons (Fsp3) is 0.409. The molecular formula is C22H28N2O6. The monoisotopic (exact) mass is 416 g/mol. The van der Waals surface area contributed by atoms with E-state index >= 15 is 0 Å². The van der Waals surface area contributed by atoms with Gasteiger partial charge in [0.2, 0.25) is 5.91 Å². The Kier molecular flexibility index (Phi) is 8.46. The number of amides is 2. The molecule has 0 radical (unpaired) electrons. The number of carbonyl (C=O) groups excluding carboxylic acids is 3. The predicted molar refractivity (Wildman–Crippen MR) is 110 cm³/mol. The summed E-state index contributed by atoms with van der Waals surface area (Å²) in [5, 5.41) is 2.64. The number of ether oxygens (including phenoxy) is 2. The Morgan fingerprint density at radius 2 is 1.93 bits per heavy atom. The van der Waals surface area contributed by atoms with Crippen molar-refractivity contribution in [1.82, 2.24) is 10.2 Å². The number of rotatable bonds is 10. The van der Waals surface area contributed by atoms with Crippen LogP contribution in [0.1, 0.15) is 36.7 Å². The fourth-order valence-corrected chi connectivity index (χ4v) is 2.78. The largest absolute Gasteiger partial charge is 0.482 e. The average molecular weight is 416 g/mol. The molecule has 1 N–H and O–H groups in total. The van der Waals surface area contributed by atoms with Crippen molar-refractivity contribution in [2.75, 3.05) is 26.8 Å². The molecule has 0 atom stereocenters. The van der Waals surface area contributed by atoms with Crippen molar-refractivity contribution in [3.8, 4) is 5.75 Å². The molecule has 2 aromatic rings. The normalized spacial score (nSPS) is 10.6. The van der Waals surface area contributed by atoms with Crippen molar-refractivity contribution in [3.05, 3.63) is 53.5 Å². The maximum absolute atomic E-state index is 12.0. The molecule has 0 fully saturated rings. The highest BCUT2D eigenvalue weighted by atomic mass is 16.6. The molecule has 0 spiro atoms. The molecule has 2 amide bonds. The van der Waals surface area contributed by atoms with Crippen LogP contribution < -0.4 is 10.1 Å². The average Bonchev–Trinajstić information content (AvgIpc) is 3.22. The minimum atomic E-state index is -0.662. The van der Waals surface area contributed by atoms with Crippen molar-refractivity contribution >= 4 is 17.8 Å². The van der Waals surface area contributed by atoms with Gasteiger partial charge < -0.3 is 24.1 Å². The zero-order valence-electron chi connectivity index (χ0n) is 17.8. The lowest BCUT2D eigenvalue weighted by atomic mass is 9.98. The molecule has 30 heavy (non-hydrogen) atoms. The SMILES string of the molecule is Cc1cc(OCC(=O)OCC(=O)N(C)CC(=O)NCc2ccco2)ccc1C(C)C. The molecule has 0 saturated carbocycles. The first-order chi connectivity index (χ1) is 14.3. The second-order valence-electron chi connectivity index (χ2n) is 7.23. The number of aryl methyl sites for hydroxylation is 1. The summed E-state index contributed by atoms with van der Waals surface area (Å²) in [4.78, 5) is 36.9. The van der Waals surface area contributed by atoms with Crippen molar-refractivity contribution in [2.45, 2.75) is 33.2 Å². The minimum absolute atomic E-state index is 0.158. The van der Waals surface area contributed by atoms with Crippen LogP contribution >= 0.6 is 0 Å². The van der Waals surface area contributed by atoms with Crippen molar-refractivity contribution in [1.29, 1.82) is 0 Å². The van der Waals surface area contributed by atoms with E-state index in [1.807, 2.05) is 19.1 Å². The van der Waals surface area contributed by atoms with Crippen LogP contribution in [0, 0.1) is 6.92 Å². The van der Waals surface area contributed by atoms with Crippen LogP contribution in [0.2, 0.25) is 0 Å². The topological polar surface area (TPSA) is 98.1 Å². The minimum Gasteiger partial charge on any atom is -0.482 e. The zero-order valence-corrected chi connectivity index (χ0v) is 17.8. The van der Waals surface area contributed by atoms with Gasteiger partial charge in [-0.1, -0.05) is 19.9 Å². The smallest absolute Gasteiger partial charge is 0.344 e. The summed E-state index contributed by atoms with van der Waals surface area (Å²) in [5.41, 5.74) is 2.30. The van der Waals surface area contributed by atoms with E-state index in [-0.39, 0.29) is 25.6 Å². The van der Waals surface area contributed by atoms with E-state index in [4.69, 9.17) is 13.9 Å². The summed E-state index contributed by atoms with van der Waals surface area (Å²) < 4.78 is 15.5. The van der Waals surface area contributed by atoms with Crippen LogP contribution in [0.3, 0.4) is 0 Å². The van der Waals surface area contributed by atoms with E-state index in [1.165, 1.54) is 23.8 Å². The molecule has 0 aliphatic rings. The molecule has 162 valence electrons. The summed E-state index contributed by atoms with van der Waals surface area (Å²) in [6.45, 7) is 5.51. The Morgan fingerprint density at radius 1 is 1.17 bits per heavy atom. The lowest BCUT2D eigenvalue weighted by molar-refractivity contribution is -0.153. The number of hydrogen-bond acceptors (Lipinski definition) is 6. The summed E-state index contributed by atoms with van der Waals surface area (Å²) >= 11 is 0. The van der Waals surface area contributed by atoms with Crippen molar-refractivity contribution in [2.24, 2.45) is 0 Å². The van der Waals surface area contributed by atoms with Gasteiger partial charge in [0, 0.05) is 7.05 Å². The number of nitrogens with one attached hydrogen (secondary N) is 1. The van der Waals surface area contributed by atoms with E-state index in [0.717, 1.165) is 5.56 Å². The van der Waals surface area contributed by atoms with Gasteiger partial charge in [0.1, 0.15) is 11.5 Å². The summed E-state index contributed by atoms with van der Waals surface area (Å²) in [6.07, 6.45) is 1.51. The molecule has 0 aliphatic heterocycles. The summed E-state index contributed by atoms with van der Waals surface area (Å²) in [7, 11) is 1.46. The number of esters is 1. The number of benzene rings is 1. The standard InChI is InChI=1S/C22H28N2O6/c1-15(2)19-8-7-17(10-16(19)3)29-14-22(27)30-13-21(26)24(4)12-20(25)23-11-18-6-5-9-28-18/h5-10,15H,11-14H2,1-4H3,(H,23,25). The van der Waals surface area contributed by atoms with Crippen molar-refractivity contribution in [3.63, 3.8) is 0 Å². The molecular weight excluding hydrogens is 388 g/mol. The van der Waals surface area contributed by atoms with Crippen LogP contribution in [0.5, 0.6) is 5.75 Å². The van der Waals surface area contributed by atoms with Gasteiger partial charge >= 0.3 is 5.97 Å². The second kappa shape index (κ2) is 11.0. The molecule has 1 aromatic heterocycles. The van der Waals surface area contributed by atoms with Gasteiger partial charge in [-0.05, 0) is 48.2 Å². The molecule has 8 nitrogen and oxygen atoms in total. The van der Waals surface area contributed by atoms with Gasteiger partial charge in [-0.2, -0.15) is 0 Å². The van der Waals surface area contributed by atoms with Crippen LogP contribution in [-0.2, 0) is 25.7 Å². The number of carbonyl (C=O) groups is 3. The van der Waals surface area contributed by atoms with Gasteiger partial charge in [-0.15, -0.1) is 0 Å². The second-order valence-corrected chi connectivity index (χ2v) is 7.23. The molecule has 0 aliphatic carbocycles. The lowest BCUT2D eigenvalue weighted by Crippen LogP contribution is -2.40. The highest BCUT2D eigenvalue weighted by molar-refractivity contribution is 5.86. The quantitative estimate of drug-likeness (QED) is 0.598. The van der Waals surface area contributed by atoms with Gasteiger partial charge in [-0.3, -0.25) is 9.59 Å². The van der Waals surface area contributed by atoms with E-state index in [0.29, 0.717) is 17.4 Å². The van der Waals surface area contributed by atoms with Crippen molar-refractivity contribution < 1.29 is 28.3 Å². The molecule has 0 saturated heterocycles. The van der Waals surface area contributed by atoms with E-state index < -0.39 is 18.5 Å². The van der Waals surface area contributed by atoms with Crippen LogP contribution in [0.15, 0.2) is 41.0 Å². The summed E-state index contributed by atoms with van der Waals surface area (Å²) in [5.74, 6) is 0.0698. The Morgan fingerprint density at radius 3 is 2.57 bits per heavy atom. The molecule has 0 bridgehead atoms. The maximum Gasteiger partial charge on any atom is 0.344 e. The van der Waals surface area contributed by atoms with Crippen LogP contribution in [0.4, 0.5) is 0 Å². The Balaban J connectivity index is 1.68. The molecule has 1 aromatic carbocycles. The van der Waals surface area contributed by atoms with Gasteiger partial charge in [0.05, 0.1) is 19.4 Å². The molecule has 2 rings (SSSR count). The third-order valence-corrected chi connectivity index (χ3v) is 4.42. The Bertz CT molecular complexity index is 861. The fourth-order valence-electron chi connectivity index (χ4n) is 2.78. The van der Waals surface area contributed by atoms with E-state index in [1.54, 1.807) is 18.2 Å². The van der Waals surface area contributed by atoms with E-state index in [2.05, 4.69) is 19.2 Å². The number of likely N-dealkylation sites (N-methyl/N-ethyl adjacent to an activating group) is 1. The number of furan rings is 1. The third-order valence-electron chi connectivity index (χ3n) is 4.42. The molecule has 8 heteroatoms. The van der Waals surface area contributed by atoms with E-state index in [9.17, 15) is 14.4 Å². The zero-order chi connectivity index (χ0) is 22.1. The van der Waals surface area contributed by atoms with Crippen LogP contribution in [0.25, 0.3) is 0 Å². The first-order valence-electron chi connectivity index (χ1n) is 9.68. The summed E-state index contributed by atoms with van der Waals surface area (Å²) in [6, 6.07) is 9.09. The lowest BCUT2D eigenvalue weighted by Gasteiger charge is -2.16. The van der Waals surface area contributed by atoms with Crippen LogP contribution in [-0.4, -0.2) is 49.5 Å². The Labute approximate surface area is 176 Å². The Hall–Kier alpha value is -3.29. The number of nitrogens with zero attached hydrogens (tertiary/aromatic N) is 1. The molecule has 0 unspecified atom stereocenters. The highest BCUT2D eigenvalue weighted by Gasteiger charge is 2.16. The first kappa shape index (κ1) is 23.0. The van der Waals surface area contributed by atoms with Gasteiger partial charge in [0.25, 0.3) is 5.91 Å². The predicted octanol–water partition coefficient (Wildman–Crippen LogP) is 2.41. The third kappa shape index (κ3) is 7.27. The number of hydrogen-bond donors (Lipinski definition) is 1. The van der Waals surface area contributed by atoms with Gasteiger partial charge in [-0.25, -0.2) is 4.79 Å². The maximum atomic E-state index is 12.0. The highest BCUT2D eigenvalue weighted by Crippen LogP contribution is 2.23. The van der Waals surface area contributed by atoms with Gasteiger partial charge in [0.15, 0.2) is 13.2 Å². The molecule has 1 heterocycles. The first-order valence-corrected chi connectivity index (χ1v) is 9.68.